The molecule has 1 saturated carbocycles. The van der Waals surface area contributed by atoms with E-state index < -0.39 is 11.3 Å². The van der Waals surface area contributed by atoms with E-state index in [4.69, 9.17) is 0 Å². The lowest BCUT2D eigenvalue weighted by Gasteiger charge is -2.46. The quantitative estimate of drug-likeness (QED) is 0.687. The van der Waals surface area contributed by atoms with E-state index in [0.29, 0.717) is 18.0 Å². The van der Waals surface area contributed by atoms with Crippen molar-refractivity contribution < 1.29 is 4.79 Å². The first-order chi connectivity index (χ1) is 9.64. The number of hydrogen-bond acceptors (Lipinski definition) is 4. The Morgan fingerprint density at radius 1 is 1.35 bits per heavy atom. The third-order valence-corrected chi connectivity index (χ3v) is 6.07. The van der Waals surface area contributed by atoms with Gasteiger partial charge in [-0.3, -0.25) is 4.79 Å². The van der Waals surface area contributed by atoms with Crippen LogP contribution in [0.25, 0.3) is 0 Å². The van der Waals surface area contributed by atoms with Crippen molar-refractivity contribution in [3.8, 4) is 12.1 Å². The van der Waals surface area contributed by atoms with Gasteiger partial charge in [-0.2, -0.15) is 10.5 Å². The number of thioether (sulfide) groups is 1. The van der Waals surface area contributed by atoms with Crippen LogP contribution in [0.5, 0.6) is 0 Å². The second-order valence-corrected chi connectivity index (χ2v) is 7.11. The lowest BCUT2D eigenvalue weighted by molar-refractivity contribution is -0.136. The summed E-state index contributed by atoms with van der Waals surface area (Å²) in [5.41, 5.74) is 0.189. The summed E-state index contributed by atoms with van der Waals surface area (Å²) in [4.78, 5) is 14.3. The predicted octanol–water partition coefficient (Wildman–Crippen LogP) is 2.65. The largest absolute Gasteiger partial charge is 0.304 e. The fourth-order valence-corrected chi connectivity index (χ4v) is 4.93. The Bertz CT molecular complexity index is 561. The number of rotatable bonds is 0. The highest BCUT2D eigenvalue weighted by molar-refractivity contribution is 8.03. The molecule has 2 aliphatic heterocycles. The summed E-state index contributed by atoms with van der Waals surface area (Å²) in [5.74, 6) is 0.694. The first-order valence-corrected chi connectivity index (χ1v) is 8.11. The van der Waals surface area contributed by atoms with E-state index in [1.54, 1.807) is 16.7 Å². The van der Waals surface area contributed by atoms with E-state index in [9.17, 15) is 15.3 Å². The van der Waals surface area contributed by atoms with Crippen molar-refractivity contribution in [1.82, 2.24) is 4.90 Å². The maximum Gasteiger partial charge on any atom is 0.245 e. The van der Waals surface area contributed by atoms with Crippen molar-refractivity contribution in [2.24, 2.45) is 17.3 Å². The molecule has 0 radical (unpaired) electrons. The van der Waals surface area contributed by atoms with Gasteiger partial charge in [0.15, 0.2) is 0 Å². The third-order valence-electron chi connectivity index (χ3n) is 4.98. The maximum absolute atomic E-state index is 12.6. The Balaban J connectivity index is 2.14. The van der Waals surface area contributed by atoms with Gasteiger partial charge in [-0.25, -0.2) is 0 Å². The van der Waals surface area contributed by atoms with E-state index in [1.165, 1.54) is 0 Å². The highest BCUT2D eigenvalue weighted by Gasteiger charge is 2.55. The van der Waals surface area contributed by atoms with Crippen LogP contribution < -0.4 is 0 Å². The van der Waals surface area contributed by atoms with Gasteiger partial charge in [0, 0.05) is 17.7 Å². The van der Waals surface area contributed by atoms with Crippen molar-refractivity contribution in [2.45, 2.75) is 32.6 Å². The molecular formula is C15H17N3OS. The molecule has 1 amide bonds. The molecule has 1 saturated heterocycles. The number of carbonyl (C=O) groups excluding carboxylic acids is 1. The molecule has 1 atom stereocenters. The fraction of sp³-hybridized carbons (Fsp3) is 0.667. The minimum Gasteiger partial charge on any atom is -0.304 e. The van der Waals surface area contributed by atoms with Crippen molar-refractivity contribution in [2.75, 3.05) is 12.3 Å². The molecule has 3 rings (SSSR count). The molecule has 5 heteroatoms. The second kappa shape index (κ2) is 4.82. The molecule has 0 aromatic heterocycles. The van der Waals surface area contributed by atoms with Crippen LogP contribution in [0.3, 0.4) is 0 Å². The number of allylic oxidation sites excluding steroid dienone is 1. The maximum atomic E-state index is 12.6. The zero-order chi connectivity index (χ0) is 14.3. The smallest absolute Gasteiger partial charge is 0.245 e. The predicted molar refractivity (Wildman–Crippen MR) is 76.0 cm³/mol. The Hall–Kier alpha value is -1.46. The average Bonchev–Trinajstić information content (AvgIpc) is 2.92. The normalized spacial score (nSPS) is 36.8. The van der Waals surface area contributed by atoms with Crippen LogP contribution in [-0.2, 0) is 4.79 Å². The van der Waals surface area contributed by atoms with Crippen molar-refractivity contribution in [3.63, 3.8) is 0 Å². The van der Waals surface area contributed by atoms with Gasteiger partial charge in [-0.05, 0) is 31.6 Å². The van der Waals surface area contributed by atoms with Crippen LogP contribution in [-0.4, -0.2) is 23.1 Å². The lowest BCUT2D eigenvalue weighted by atomic mass is 9.59. The summed E-state index contributed by atoms with van der Waals surface area (Å²) in [6.07, 6.45) is 3.57. The Morgan fingerprint density at radius 2 is 2.05 bits per heavy atom. The van der Waals surface area contributed by atoms with E-state index in [0.717, 1.165) is 36.5 Å². The van der Waals surface area contributed by atoms with Gasteiger partial charge in [0.05, 0.1) is 22.7 Å². The summed E-state index contributed by atoms with van der Waals surface area (Å²) in [5, 5.41) is 20.0. The highest BCUT2D eigenvalue weighted by atomic mass is 32.2. The average molecular weight is 287 g/mol. The van der Waals surface area contributed by atoms with Gasteiger partial charge in [0.25, 0.3) is 0 Å². The highest BCUT2D eigenvalue weighted by Crippen LogP contribution is 2.56. The number of nitrogens with zero attached hydrogens (tertiary/aromatic N) is 3. The number of fused-ring (bicyclic) bond motifs is 1. The van der Waals surface area contributed by atoms with Crippen LogP contribution in [0.1, 0.15) is 32.6 Å². The van der Waals surface area contributed by atoms with Gasteiger partial charge in [-0.15, -0.1) is 11.8 Å². The molecule has 4 nitrogen and oxygen atoms in total. The summed E-state index contributed by atoms with van der Waals surface area (Å²) >= 11 is 1.60. The monoisotopic (exact) mass is 287 g/mol. The number of hydrogen-bond donors (Lipinski definition) is 0. The van der Waals surface area contributed by atoms with Crippen molar-refractivity contribution in [1.29, 1.82) is 10.5 Å². The molecular weight excluding hydrogens is 270 g/mol. The molecule has 0 aromatic carbocycles. The Labute approximate surface area is 123 Å². The van der Waals surface area contributed by atoms with Crippen LogP contribution in [0.15, 0.2) is 10.6 Å². The zero-order valence-electron chi connectivity index (χ0n) is 11.6. The molecule has 20 heavy (non-hydrogen) atoms. The summed E-state index contributed by atoms with van der Waals surface area (Å²) in [6.45, 7) is 2.84. The Morgan fingerprint density at radius 3 is 2.65 bits per heavy atom. The second-order valence-electron chi connectivity index (χ2n) is 6.03. The summed E-state index contributed by atoms with van der Waals surface area (Å²) < 4.78 is 0. The Kier molecular flexibility index (Phi) is 3.26. The van der Waals surface area contributed by atoms with Crippen LogP contribution in [0, 0.1) is 39.9 Å². The van der Waals surface area contributed by atoms with Gasteiger partial charge in [0.2, 0.25) is 5.91 Å². The lowest BCUT2D eigenvalue weighted by Crippen LogP contribution is -2.49. The van der Waals surface area contributed by atoms with Crippen LogP contribution >= 0.6 is 11.8 Å². The molecule has 1 aliphatic carbocycles. The number of nitriles is 2. The van der Waals surface area contributed by atoms with E-state index in [-0.39, 0.29) is 5.91 Å². The summed E-state index contributed by atoms with van der Waals surface area (Å²) in [6, 6.07) is 4.57. The minimum absolute atomic E-state index is 0.0824. The first-order valence-electron chi connectivity index (χ1n) is 7.12. The van der Waals surface area contributed by atoms with Gasteiger partial charge < -0.3 is 4.90 Å². The minimum atomic E-state index is -0.674. The van der Waals surface area contributed by atoms with E-state index >= 15 is 0 Å². The topological polar surface area (TPSA) is 67.9 Å². The molecule has 2 heterocycles. The van der Waals surface area contributed by atoms with Crippen LogP contribution in [0.2, 0.25) is 0 Å². The van der Waals surface area contributed by atoms with Gasteiger partial charge >= 0.3 is 0 Å². The molecule has 3 aliphatic rings. The molecule has 0 N–H and O–H groups in total. The first kappa shape index (κ1) is 13.5. The fourth-order valence-electron chi connectivity index (χ4n) is 3.73. The molecule has 0 aromatic rings. The van der Waals surface area contributed by atoms with E-state index in [1.807, 2.05) is 0 Å². The van der Waals surface area contributed by atoms with Crippen molar-refractivity contribution in [3.05, 3.63) is 10.6 Å². The van der Waals surface area contributed by atoms with Gasteiger partial charge in [-0.1, -0.05) is 6.92 Å². The number of amides is 1. The van der Waals surface area contributed by atoms with Gasteiger partial charge in [0.1, 0.15) is 5.92 Å². The number of carbonyl (C=O) groups is 1. The molecule has 0 unspecified atom stereocenters. The molecule has 2 fully saturated rings. The van der Waals surface area contributed by atoms with Crippen molar-refractivity contribution >= 4 is 17.7 Å². The third kappa shape index (κ3) is 1.70. The summed E-state index contributed by atoms with van der Waals surface area (Å²) in [7, 11) is 0. The molecule has 1 spiro atoms. The van der Waals surface area contributed by atoms with Crippen LogP contribution in [0.4, 0.5) is 0 Å². The van der Waals surface area contributed by atoms with E-state index in [2.05, 4.69) is 19.1 Å². The standard InChI is InChI=1S/C15H17N3OS/c1-10-2-4-15(5-3-10)11(8-16)13(19)18-6-7-20-14(18)12(15)9-17/h10-11H,2-7H2,1H3/t10?,11-,15?/m0/s1. The molecule has 0 bridgehead atoms. The molecule has 104 valence electrons. The SMILES string of the molecule is CC1CCC2(CC1)C(C#N)=C1SCCN1C(=O)[C@@H]2C#N. The zero-order valence-corrected chi connectivity index (χ0v) is 12.4.